The lowest BCUT2D eigenvalue weighted by atomic mass is 9.86. The van der Waals surface area contributed by atoms with E-state index in [0.29, 0.717) is 40.6 Å². The molecule has 1 atom stereocenters. The van der Waals surface area contributed by atoms with Crippen LogP contribution >= 0.6 is 0 Å². The fraction of sp³-hybridized carbons (Fsp3) is 0.208. The predicted octanol–water partition coefficient (Wildman–Crippen LogP) is 4.05. The summed E-state index contributed by atoms with van der Waals surface area (Å²) in [7, 11) is 0. The van der Waals surface area contributed by atoms with Crippen molar-refractivity contribution >= 4 is 40.1 Å². The van der Waals surface area contributed by atoms with Crippen LogP contribution in [-0.2, 0) is 16.0 Å². The Morgan fingerprint density at radius 3 is 2.72 bits per heavy atom. The van der Waals surface area contributed by atoms with E-state index in [0.717, 1.165) is 17.6 Å². The Bertz CT molecular complexity index is 1280. The molecule has 1 aliphatic carbocycles. The molecule has 162 valence electrons. The fourth-order valence-electron chi connectivity index (χ4n) is 3.92. The number of benzene rings is 2. The Balaban J connectivity index is 1.87. The van der Waals surface area contributed by atoms with Crippen LogP contribution < -0.4 is 5.73 Å². The summed E-state index contributed by atoms with van der Waals surface area (Å²) in [5, 5.41) is 11.8. The number of ether oxygens (including phenoxy) is 1. The maximum atomic E-state index is 13.1. The number of nitro benzene ring substituents is 1. The maximum Gasteiger partial charge on any atom is 0.339 e. The second-order valence-corrected chi connectivity index (χ2v) is 7.66. The summed E-state index contributed by atoms with van der Waals surface area (Å²) >= 11 is 0. The largest absolute Gasteiger partial charge is 0.449 e. The van der Waals surface area contributed by atoms with Crippen molar-refractivity contribution < 1.29 is 19.2 Å². The first-order valence-corrected chi connectivity index (χ1v) is 10.2. The number of para-hydroxylation sites is 1. The number of non-ortho nitro benzene ring substituents is 1. The van der Waals surface area contributed by atoms with Gasteiger partial charge in [0.25, 0.3) is 11.6 Å². The van der Waals surface area contributed by atoms with Gasteiger partial charge in [-0.3, -0.25) is 14.9 Å². The molecule has 0 aliphatic heterocycles. The standard InChI is InChI=1S/C24H21N3O5/c1-14(23(25)28)32-24(29)21-18-9-2-3-11-20(18)26-22-16(7-5-10-19(21)22)12-15-6-4-8-17(13-15)27(30)31/h2-4,6,8-9,11-14H,5,7,10H2,1H3,(H2,25,28)/b16-12+. The van der Waals surface area contributed by atoms with Gasteiger partial charge >= 0.3 is 5.97 Å². The number of nitro groups is 1. The number of pyridine rings is 1. The first-order chi connectivity index (χ1) is 15.3. The molecule has 0 spiro atoms. The average Bonchev–Trinajstić information content (AvgIpc) is 2.77. The van der Waals surface area contributed by atoms with Crippen molar-refractivity contribution in [3.05, 3.63) is 81.0 Å². The van der Waals surface area contributed by atoms with Crippen molar-refractivity contribution in [3.63, 3.8) is 0 Å². The summed E-state index contributed by atoms with van der Waals surface area (Å²) in [5.41, 5.74) is 9.25. The molecule has 2 N–H and O–H groups in total. The molecule has 0 saturated carbocycles. The van der Waals surface area contributed by atoms with Crippen LogP contribution in [0.4, 0.5) is 5.69 Å². The van der Waals surface area contributed by atoms with Gasteiger partial charge in [-0.2, -0.15) is 0 Å². The number of nitrogens with two attached hydrogens (primary N) is 1. The number of carbonyl (C=O) groups excluding carboxylic acids is 2. The van der Waals surface area contributed by atoms with Crippen molar-refractivity contribution in [2.24, 2.45) is 5.73 Å². The number of carbonyl (C=O) groups is 2. The SMILES string of the molecule is CC(OC(=O)c1c2c(nc3ccccc13)/C(=C/c1cccc([N+](=O)[O-])c1)CCC2)C(N)=O. The quantitative estimate of drug-likeness (QED) is 0.369. The summed E-state index contributed by atoms with van der Waals surface area (Å²) < 4.78 is 5.33. The normalized spacial score (nSPS) is 15.2. The van der Waals surface area contributed by atoms with Crippen molar-refractivity contribution in [2.75, 3.05) is 0 Å². The number of primary amides is 1. The molecular weight excluding hydrogens is 410 g/mol. The molecule has 0 fully saturated rings. The first-order valence-electron chi connectivity index (χ1n) is 10.2. The number of rotatable bonds is 5. The molecule has 8 nitrogen and oxygen atoms in total. The van der Waals surface area contributed by atoms with Gasteiger partial charge in [0.05, 0.1) is 21.7 Å². The van der Waals surface area contributed by atoms with E-state index in [9.17, 15) is 19.7 Å². The molecule has 2 aromatic carbocycles. The van der Waals surface area contributed by atoms with Crippen LogP contribution in [0.2, 0.25) is 0 Å². The third kappa shape index (κ3) is 4.07. The molecule has 0 radical (unpaired) electrons. The molecular formula is C24H21N3O5. The molecule has 3 aromatic rings. The Kier molecular flexibility index (Phi) is 5.68. The molecule has 4 rings (SSSR count). The Morgan fingerprint density at radius 2 is 1.97 bits per heavy atom. The van der Waals surface area contributed by atoms with Gasteiger partial charge in [-0.25, -0.2) is 9.78 Å². The number of hydrogen-bond donors (Lipinski definition) is 1. The molecule has 1 aliphatic rings. The Hall–Kier alpha value is -4.07. The number of nitrogens with zero attached hydrogens (tertiary/aromatic N) is 2. The van der Waals surface area contributed by atoms with Gasteiger partial charge in [-0.05, 0) is 55.0 Å². The third-order valence-electron chi connectivity index (χ3n) is 5.48. The Morgan fingerprint density at radius 1 is 1.19 bits per heavy atom. The van der Waals surface area contributed by atoms with Crippen LogP contribution in [-0.4, -0.2) is 27.9 Å². The summed E-state index contributed by atoms with van der Waals surface area (Å²) in [6.07, 6.45) is 2.92. The van der Waals surface area contributed by atoms with Gasteiger partial charge in [0.15, 0.2) is 6.10 Å². The number of aromatic nitrogens is 1. The highest BCUT2D eigenvalue weighted by Crippen LogP contribution is 2.36. The van der Waals surface area contributed by atoms with E-state index in [1.54, 1.807) is 18.2 Å². The lowest BCUT2D eigenvalue weighted by Gasteiger charge is -2.23. The van der Waals surface area contributed by atoms with Gasteiger partial charge in [0.2, 0.25) is 0 Å². The number of hydrogen-bond acceptors (Lipinski definition) is 6. The summed E-state index contributed by atoms with van der Waals surface area (Å²) in [6.45, 7) is 1.43. The van der Waals surface area contributed by atoms with Gasteiger partial charge in [0.1, 0.15) is 0 Å². The molecule has 1 amide bonds. The summed E-state index contributed by atoms with van der Waals surface area (Å²) in [4.78, 5) is 40.0. The van der Waals surface area contributed by atoms with Crippen LogP contribution in [0.15, 0.2) is 48.5 Å². The molecule has 1 heterocycles. The van der Waals surface area contributed by atoms with E-state index in [1.807, 2.05) is 24.3 Å². The minimum Gasteiger partial charge on any atom is -0.449 e. The lowest BCUT2D eigenvalue weighted by Crippen LogP contribution is -2.31. The van der Waals surface area contributed by atoms with Crippen molar-refractivity contribution in [1.82, 2.24) is 4.98 Å². The molecule has 1 unspecified atom stereocenters. The molecule has 8 heteroatoms. The van der Waals surface area contributed by atoms with Gasteiger partial charge in [-0.15, -0.1) is 0 Å². The predicted molar refractivity (Wildman–Crippen MR) is 120 cm³/mol. The van der Waals surface area contributed by atoms with E-state index in [-0.39, 0.29) is 5.69 Å². The highest BCUT2D eigenvalue weighted by molar-refractivity contribution is 6.07. The number of fused-ring (bicyclic) bond motifs is 2. The van der Waals surface area contributed by atoms with E-state index in [4.69, 9.17) is 15.5 Å². The third-order valence-corrected chi connectivity index (χ3v) is 5.48. The van der Waals surface area contributed by atoms with Crippen molar-refractivity contribution in [2.45, 2.75) is 32.3 Å². The number of esters is 1. The zero-order valence-corrected chi connectivity index (χ0v) is 17.4. The first kappa shape index (κ1) is 21.2. The van der Waals surface area contributed by atoms with E-state index < -0.39 is 22.9 Å². The van der Waals surface area contributed by atoms with Crippen molar-refractivity contribution in [1.29, 1.82) is 0 Å². The van der Waals surface area contributed by atoms with Crippen LogP contribution in [0, 0.1) is 10.1 Å². The van der Waals surface area contributed by atoms with Gasteiger partial charge in [-0.1, -0.05) is 30.3 Å². The van der Waals surface area contributed by atoms with Gasteiger partial charge in [0, 0.05) is 17.5 Å². The van der Waals surface area contributed by atoms with Crippen LogP contribution in [0.1, 0.15) is 46.9 Å². The molecule has 0 saturated heterocycles. The van der Waals surface area contributed by atoms with E-state index in [2.05, 4.69) is 0 Å². The number of amides is 1. The highest BCUT2D eigenvalue weighted by atomic mass is 16.6. The summed E-state index contributed by atoms with van der Waals surface area (Å²) in [5.74, 6) is -1.35. The molecule has 1 aromatic heterocycles. The highest BCUT2D eigenvalue weighted by Gasteiger charge is 2.27. The second-order valence-electron chi connectivity index (χ2n) is 7.66. The minimum absolute atomic E-state index is 0.00607. The zero-order chi connectivity index (χ0) is 22.8. The maximum absolute atomic E-state index is 13.1. The Labute approximate surface area is 183 Å². The average molecular weight is 431 g/mol. The van der Waals surface area contributed by atoms with Crippen LogP contribution in [0.5, 0.6) is 0 Å². The zero-order valence-electron chi connectivity index (χ0n) is 17.4. The molecule has 0 bridgehead atoms. The lowest BCUT2D eigenvalue weighted by molar-refractivity contribution is -0.384. The van der Waals surface area contributed by atoms with E-state index in [1.165, 1.54) is 19.1 Å². The van der Waals surface area contributed by atoms with E-state index >= 15 is 0 Å². The second kappa shape index (κ2) is 8.58. The fourth-order valence-corrected chi connectivity index (χ4v) is 3.92. The monoisotopic (exact) mass is 431 g/mol. The smallest absolute Gasteiger partial charge is 0.339 e. The molecule has 32 heavy (non-hydrogen) atoms. The minimum atomic E-state index is -1.06. The summed E-state index contributed by atoms with van der Waals surface area (Å²) in [6, 6.07) is 13.6. The topological polar surface area (TPSA) is 125 Å². The van der Waals surface area contributed by atoms with Crippen LogP contribution in [0.25, 0.3) is 22.6 Å². The van der Waals surface area contributed by atoms with Crippen LogP contribution in [0.3, 0.4) is 0 Å². The van der Waals surface area contributed by atoms with Crippen molar-refractivity contribution in [3.8, 4) is 0 Å². The van der Waals surface area contributed by atoms with Gasteiger partial charge < -0.3 is 10.5 Å². The number of allylic oxidation sites excluding steroid dienone is 1.